The highest BCUT2D eigenvalue weighted by Gasteiger charge is 2.33. The largest absolute Gasteiger partial charge is 0.475 e. The van der Waals surface area contributed by atoms with Crippen molar-refractivity contribution in [1.82, 2.24) is 26.6 Å². The molecule has 2 aromatic rings. The molecule has 11 N–H and O–H groups in total. The lowest BCUT2D eigenvalue weighted by atomic mass is 10.0. The van der Waals surface area contributed by atoms with Crippen LogP contribution in [0.15, 0.2) is 48.5 Å². The van der Waals surface area contributed by atoms with E-state index >= 15 is 0 Å². The Hall–Kier alpha value is -4.90. The lowest BCUT2D eigenvalue weighted by Crippen LogP contribution is -2.60. The fraction of sp³-hybridized carbons (Fsp3) is 0.441. The predicted molar refractivity (Wildman–Crippen MR) is 188 cm³/mol. The van der Waals surface area contributed by atoms with Crippen LogP contribution in [0.5, 0.6) is 0 Å². The molecule has 0 aliphatic rings. The molecule has 0 aliphatic carbocycles. The molecular weight excluding hydrogens is 686 g/mol. The van der Waals surface area contributed by atoms with Crippen molar-refractivity contribution in [1.29, 1.82) is 0 Å². The molecule has 0 aliphatic heterocycles. The van der Waals surface area contributed by atoms with Gasteiger partial charge in [-0.15, -0.1) is 0 Å². The van der Waals surface area contributed by atoms with Crippen LogP contribution in [-0.2, 0) is 28.8 Å². The van der Waals surface area contributed by atoms with Crippen LogP contribution in [0, 0.1) is 0 Å². The van der Waals surface area contributed by atoms with Crippen molar-refractivity contribution in [3.05, 3.63) is 59.1 Å². The van der Waals surface area contributed by atoms with Crippen LogP contribution in [0.4, 0.5) is 0 Å². The highest BCUT2D eigenvalue weighted by molar-refractivity contribution is 6.35. The number of nitrogens with two attached hydrogens (primary N) is 2. The van der Waals surface area contributed by atoms with Gasteiger partial charge in [0.1, 0.15) is 24.2 Å². The van der Waals surface area contributed by atoms with Gasteiger partial charge in [-0.1, -0.05) is 35.9 Å². The van der Waals surface area contributed by atoms with Crippen LogP contribution in [0.1, 0.15) is 56.8 Å². The van der Waals surface area contributed by atoms with Gasteiger partial charge in [-0.3, -0.25) is 28.8 Å². The second kappa shape index (κ2) is 20.7. The predicted octanol–water partition coefficient (Wildman–Crippen LogP) is -0.403. The lowest BCUT2D eigenvalue weighted by Gasteiger charge is -2.26. The number of Topliss-reactive ketones (excluding diaryl/α,β-unsaturated/α-hetero) is 1. The zero-order chi connectivity index (χ0) is 38.2. The lowest BCUT2D eigenvalue weighted by molar-refractivity contribution is -0.150. The average molecular weight is 732 g/mol. The summed E-state index contributed by atoms with van der Waals surface area (Å²) in [4.78, 5) is 88.0. The molecule has 2 aromatic carbocycles. The zero-order valence-corrected chi connectivity index (χ0v) is 29.4. The first-order valence-electron chi connectivity index (χ1n) is 16.3. The van der Waals surface area contributed by atoms with Gasteiger partial charge in [0.2, 0.25) is 23.6 Å². The number of aliphatic hydroxyl groups excluding tert-OH is 1. The number of carboxylic acid groups (broad SMARTS) is 1. The quantitative estimate of drug-likeness (QED) is 0.0624. The van der Waals surface area contributed by atoms with Gasteiger partial charge in [0.25, 0.3) is 11.7 Å². The normalized spacial score (nSPS) is 14.4. The summed E-state index contributed by atoms with van der Waals surface area (Å²) < 4.78 is 0. The van der Waals surface area contributed by atoms with E-state index in [1.54, 1.807) is 36.4 Å². The Balaban J connectivity index is 2.08. The number of amides is 5. The Morgan fingerprint density at radius 3 is 1.71 bits per heavy atom. The summed E-state index contributed by atoms with van der Waals surface area (Å²) >= 11 is 5.95. The van der Waals surface area contributed by atoms with E-state index in [-0.39, 0.29) is 24.9 Å². The summed E-state index contributed by atoms with van der Waals surface area (Å²) in [7, 11) is 0. The minimum absolute atomic E-state index is 0.000111. The van der Waals surface area contributed by atoms with Gasteiger partial charge in [-0.25, -0.2) is 4.79 Å². The van der Waals surface area contributed by atoms with Crippen LogP contribution in [0.2, 0.25) is 5.02 Å². The number of halogens is 1. The number of carbonyl (C=O) groups is 7. The molecule has 51 heavy (non-hydrogen) atoms. The summed E-state index contributed by atoms with van der Waals surface area (Å²) in [6, 6.07) is 7.18. The van der Waals surface area contributed by atoms with E-state index in [0.717, 1.165) is 11.1 Å². The van der Waals surface area contributed by atoms with Crippen LogP contribution < -0.4 is 38.1 Å². The summed E-state index contributed by atoms with van der Waals surface area (Å²) in [5.74, 6) is -6.96. The number of aliphatic carboxylic acids is 1. The fourth-order valence-corrected chi connectivity index (χ4v) is 4.91. The topological polar surface area (TPSA) is 272 Å². The van der Waals surface area contributed by atoms with Gasteiger partial charge in [-0.2, -0.15) is 0 Å². The van der Waals surface area contributed by atoms with Gasteiger partial charge >= 0.3 is 5.97 Å². The van der Waals surface area contributed by atoms with Gasteiger partial charge < -0.3 is 48.3 Å². The van der Waals surface area contributed by atoms with Gasteiger partial charge in [-0.05, 0) is 94.9 Å². The Morgan fingerprint density at radius 1 is 0.647 bits per heavy atom. The van der Waals surface area contributed by atoms with Crippen LogP contribution in [0.3, 0.4) is 0 Å². The highest BCUT2D eigenvalue weighted by atomic mass is 35.5. The molecule has 0 fully saturated rings. The van der Waals surface area contributed by atoms with Crippen molar-refractivity contribution < 1.29 is 43.8 Å². The molecule has 0 bridgehead atoms. The number of hydrogen-bond acceptors (Lipinski definition) is 10. The molecule has 0 saturated carbocycles. The number of benzene rings is 2. The van der Waals surface area contributed by atoms with Crippen molar-refractivity contribution in [2.45, 2.75) is 82.8 Å². The molecule has 16 nitrogen and oxygen atoms in total. The van der Waals surface area contributed by atoms with Crippen molar-refractivity contribution in [2.24, 2.45) is 11.5 Å². The van der Waals surface area contributed by atoms with Gasteiger partial charge in [0, 0.05) is 10.6 Å². The van der Waals surface area contributed by atoms with Crippen LogP contribution in [-0.4, -0.2) is 101 Å². The van der Waals surface area contributed by atoms with E-state index in [0.29, 0.717) is 24.4 Å². The third-order valence-electron chi connectivity index (χ3n) is 7.76. The number of carboxylic acids is 1. The van der Waals surface area contributed by atoms with Crippen LogP contribution in [0.25, 0.3) is 11.1 Å². The molecule has 0 spiro atoms. The first-order valence-corrected chi connectivity index (χ1v) is 16.7. The maximum Gasteiger partial charge on any atom is 0.374 e. The summed E-state index contributed by atoms with van der Waals surface area (Å²) in [5, 5.41) is 32.0. The molecule has 0 unspecified atom stereocenters. The number of aliphatic hydroxyl groups is 1. The van der Waals surface area contributed by atoms with E-state index in [1.165, 1.54) is 20.8 Å². The maximum atomic E-state index is 13.3. The van der Waals surface area contributed by atoms with E-state index in [2.05, 4.69) is 26.6 Å². The first-order chi connectivity index (χ1) is 24.1. The molecular formula is C34H46ClN7O9. The number of rotatable bonds is 20. The molecule has 2 rings (SSSR count). The third kappa shape index (κ3) is 13.4. The molecule has 0 aromatic heterocycles. The Kier molecular flexibility index (Phi) is 17.2. The smallest absolute Gasteiger partial charge is 0.374 e. The van der Waals surface area contributed by atoms with Crippen LogP contribution >= 0.6 is 11.6 Å². The first kappa shape index (κ1) is 42.3. The Morgan fingerprint density at radius 2 is 1.18 bits per heavy atom. The number of nitrogens with one attached hydrogen (secondary N) is 5. The summed E-state index contributed by atoms with van der Waals surface area (Å²) in [6.07, 6.45) is -0.439. The van der Waals surface area contributed by atoms with Crippen molar-refractivity contribution in [3.63, 3.8) is 0 Å². The number of hydrogen-bond donors (Lipinski definition) is 9. The Bertz CT molecular complexity index is 1540. The molecule has 6 atom stereocenters. The summed E-state index contributed by atoms with van der Waals surface area (Å²) in [5.41, 5.74) is 13.2. The highest BCUT2D eigenvalue weighted by Crippen LogP contribution is 2.22. The maximum absolute atomic E-state index is 13.3. The van der Waals surface area contributed by atoms with E-state index in [1.807, 2.05) is 12.1 Å². The third-order valence-corrected chi connectivity index (χ3v) is 8.01. The minimum Gasteiger partial charge on any atom is -0.475 e. The number of unbranched alkanes of at least 4 members (excludes halogenated alkanes) is 1. The molecule has 17 heteroatoms. The molecule has 0 saturated heterocycles. The number of ketones is 1. The molecule has 0 radical (unpaired) electrons. The fourth-order valence-electron chi connectivity index (χ4n) is 4.78. The van der Waals surface area contributed by atoms with E-state index in [4.69, 9.17) is 28.2 Å². The number of carbonyl (C=O) groups excluding carboxylic acids is 6. The SMILES string of the molecule is C[C@H](NC(=O)[C@@H](NC(=O)[C@H](CCN)NC(=O)c1ccc(-c2ccc(Cl)cc2)cc1)[C@@H](C)O)C(=O)N[C@@H](CCCCN)C(=O)N[C@@H](C)C(=O)C(=O)O. The molecule has 278 valence electrons. The van der Waals surface area contributed by atoms with Crippen molar-refractivity contribution in [3.8, 4) is 11.1 Å². The van der Waals surface area contributed by atoms with E-state index in [9.17, 15) is 38.7 Å². The monoisotopic (exact) mass is 731 g/mol. The average Bonchev–Trinajstić information content (AvgIpc) is 3.09. The molecule has 0 heterocycles. The molecule has 5 amide bonds. The second-order valence-corrected chi connectivity index (χ2v) is 12.3. The standard InChI is InChI=1S/C34H46ClN7O9/c1-18(28(44)34(50)51)38-31(47)25(6-4-5-16-36)40-29(45)19(2)39-33(49)27(20(3)43)42-32(48)26(15-17-37)41-30(46)23-9-7-21(8-10-23)22-11-13-24(35)14-12-22/h7-14,18-20,25-27,43H,4-6,15-17,36-37H2,1-3H3,(H,38,47)(H,39,49)(H,40,45)(H,41,46)(H,42,48)(H,50,51)/t18-,19-,20+,25-,26-,27-/m0/s1. The van der Waals surface area contributed by atoms with Gasteiger partial charge in [0.15, 0.2) is 0 Å². The van der Waals surface area contributed by atoms with Crippen molar-refractivity contribution >= 4 is 52.9 Å². The summed E-state index contributed by atoms with van der Waals surface area (Å²) in [6.45, 7) is 4.04. The minimum atomic E-state index is -1.74. The van der Waals surface area contributed by atoms with Crippen molar-refractivity contribution in [2.75, 3.05) is 13.1 Å². The van der Waals surface area contributed by atoms with E-state index < -0.39 is 77.6 Å². The second-order valence-electron chi connectivity index (χ2n) is 11.9. The zero-order valence-electron chi connectivity index (χ0n) is 28.6. The Labute approximate surface area is 300 Å². The van der Waals surface area contributed by atoms with Gasteiger partial charge in [0.05, 0.1) is 12.1 Å².